The molecule has 1 amide bonds. The van der Waals surface area contributed by atoms with Gasteiger partial charge < -0.3 is 14.6 Å². The van der Waals surface area contributed by atoms with Crippen molar-refractivity contribution in [2.24, 2.45) is 7.05 Å². The van der Waals surface area contributed by atoms with Gasteiger partial charge in [-0.05, 0) is 37.0 Å². The number of rotatable bonds is 3. The lowest BCUT2D eigenvalue weighted by atomic mass is 10.0. The SMILES string of the molecule is Cn1cncc1-c1ccc(C(=O)N2CCCCC2CO)cc1. The highest BCUT2D eigenvalue weighted by Crippen LogP contribution is 2.22. The summed E-state index contributed by atoms with van der Waals surface area (Å²) in [4.78, 5) is 18.5. The average Bonchev–Trinajstić information content (AvgIpc) is 3.00. The summed E-state index contributed by atoms with van der Waals surface area (Å²) in [6.07, 6.45) is 6.54. The first-order valence-corrected chi connectivity index (χ1v) is 7.69. The molecule has 2 heterocycles. The fraction of sp³-hybridized carbons (Fsp3) is 0.412. The molecule has 2 aromatic rings. The number of hydrogen-bond donors (Lipinski definition) is 1. The van der Waals surface area contributed by atoms with Crippen molar-refractivity contribution < 1.29 is 9.90 Å². The number of aliphatic hydroxyl groups is 1. The molecule has 5 heteroatoms. The molecular formula is C17H21N3O2. The number of nitrogens with zero attached hydrogens (tertiary/aromatic N) is 3. The Morgan fingerprint density at radius 2 is 2.09 bits per heavy atom. The fourth-order valence-corrected chi connectivity index (χ4v) is 3.04. The van der Waals surface area contributed by atoms with Crippen molar-refractivity contribution in [3.8, 4) is 11.3 Å². The van der Waals surface area contributed by atoms with E-state index in [0.29, 0.717) is 5.56 Å². The van der Waals surface area contributed by atoms with Crippen molar-refractivity contribution in [3.63, 3.8) is 0 Å². The number of aromatic nitrogens is 2. The molecule has 1 unspecified atom stereocenters. The number of amides is 1. The second-order valence-electron chi connectivity index (χ2n) is 5.80. The van der Waals surface area contributed by atoms with E-state index in [1.54, 1.807) is 6.33 Å². The first kappa shape index (κ1) is 14.8. The summed E-state index contributed by atoms with van der Waals surface area (Å²) in [5.41, 5.74) is 2.73. The Bertz CT molecular complexity index is 648. The van der Waals surface area contributed by atoms with Gasteiger partial charge in [0.15, 0.2) is 0 Å². The van der Waals surface area contributed by atoms with Crippen LogP contribution in [-0.4, -0.2) is 44.7 Å². The summed E-state index contributed by atoms with van der Waals surface area (Å²) < 4.78 is 1.95. The van der Waals surface area contributed by atoms with Gasteiger partial charge in [-0.25, -0.2) is 4.98 Å². The molecule has 1 N–H and O–H groups in total. The van der Waals surface area contributed by atoms with Gasteiger partial charge in [0, 0.05) is 19.2 Å². The monoisotopic (exact) mass is 299 g/mol. The zero-order valence-corrected chi connectivity index (χ0v) is 12.8. The van der Waals surface area contributed by atoms with Crippen molar-refractivity contribution in [1.29, 1.82) is 0 Å². The molecule has 0 aliphatic carbocycles. The first-order valence-electron chi connectivity index (χ1n) is 7.69. The summed E-state index contributed by atoms with van der Waals surface area (Å²) >= 11 is 0. The maximum absolute atomic E-state index is 12.6. The smallest absolute Gasteiger partial charge is 0.254 e. The van der Waals surface area contributed by atoms with Gasteiger partial charge in [0.1, 0.15) is 0 Å². The Kier molecular flexibility index (Phi) is 4.24. The molecule has 0 radical (unpaired) electrons. The van der Waals surface area contributed by atoms with Gasteiger partial charge in [-0.15, -0.1) is 0 Å². The largest absolute Gasteiger partial charge is 0.394 e. The molecule has 1 saturated heterocycles. The van der Waals surface area contributed by atoms with Gasteiger partial charge in [0.25, 0.3) is 5.91 Å². The van der Waals surface area contributed by atoms with E-state index in [4.69, 9.17) is 0 Å². The van der Waals surface area contributed by atoms with Gasteiger partial charge in [-0.3, -0.25) is 4.79 Å². The minimum atomic E-state index is -0.0435. The highest BCUT2D eigenvalue weighted by Gasteiger charge is 2.26. The third kappa shape index (κ3) is 2.76. The lowest BCUT2D eigenvalue weighted by molar-refractivity contribution is 0.0503. The second-order valence-corrected chi connectivity index (χ2v) is 5.80. The van der Waals surface area contributed by atoms with Crippen molar-refractivity contribution in [2.45, 2.75) is 25.3 Å². The molecule has 0 bridgehead atoms. The Morgan fingerprint density at radius 1 is 1.32 bits per heavy atom. The maximum atomic E-state index is 12.6. The Hall–Kier alpha value is -2.14. The molecule has 0 saturated carbocycles. The van der Waals surface area contributed by atoms with Crippen LogP contribution >= 0.6 is 0 Å². The number of likely N-dealkylation sites (tertiary alicyclic amines) is 1. The Labute approximate surface area is 130 Å². The van der Waals surface area contributed by atoms with E-state index < -0.39 is 0 Å². The van der Waals surface area contributed by atoms with Gasteiger partial charge >= 0.3 is 0 Å². The van der Waals surface area contributed by atoms with Crippen LogP contribution in [0.4, 0.5) is 0 Å². The summed E-state index contributed by atoms with van der Waals surface area (Å²) in [5, 5.41) is 9.45. The Morgan fingerprint density at radius 3 is 2.73 bits per heavy atom. The van der Waals surface area contributed by atoms with E-state index in [2.05, 4.69) is 4.98 Å². The molecule has 0 spiro atoms. The molecule has 1 aliphatic heterocycles. The van der Waals surface area contributed by atoms with Crippen molar-refractivity contribution in [1.82, 2.24) is 14.5 Å². The number of hydrogen-bond acceptors (Lipinski definition) is 3. The van der Waals surface area contributed by atoms with Gasteiger partial charge in [-0.1, -0.05) is 12.1 Å². The van der Waals surface area contributed by atoms with Crippen LogP contribution in [0.3, 0.4) is 0 Å². The second kappa shape index (κ2) is 6.32. The van der Waals surface area contributed by atoms with Crippen molar-refractivity contribution >= 4 is 5.91 Å². The third-order valence-electron chi connectivity index (χ3n) is 4.34. The van der Waals surface area contributed by atoms with Crippen LogP contribution in [0.15, 0.2) is 36.8 Å². The molecule has 1 fully saturated rings. The molecule has 116 valence electrons. The topological polar surface area (TPSA) is 58.4 Å². The summed E-state index contributed by atoms with van der Waals surface area (Å²) in [5.74, 6) is 0.00954. The van der Waals surface area contributed by atoms with Crippen LogP contribution in [0.1, 0.15) is 29.6 Å². The summed E-state index contributed by atoms with van der Waals surface area (Å²) in [6.45, 7) is 0.770. The number of aryl methyl sites for hydroxylation is 1. The van der Waals surface area contributed by atoms with Crippen molar-refractivity contribution in [2.75, 3.05) is 13.2 Å². The molecule has 1 aliphatic rings. The zero-order chi connectivity index (χ0) is 15.5. The predicted octanol–water partition coefficient (Wildman–Crippen LogP) is 2.07. The minimum Gasteiger partial charge on any atom is -0.394 e. The van der Waals surface area contributed by atoms with E-state index in [-0.39, 0.29) is 18.6 Å². The molecule has 5 nitrogen and oxygen atoms in total. The van der Waals surface area contributed by atoms with E-state index in [1.165, 1.54) is 0 Å². The van der Waals surface area contributed by atoms with Crippen LogP contribution in [0.5, 0.6) is 0 Å². The van der Waals surface area contributed by atoms with Gasteiger partial charge in [-0.2, -0.15) is 0 Å². The predicted molar refractivity (Wildman–Crippen MR) is 84.4 cm³/mol. The quantitative estimate of drug-likeness (QED) is 0.944. The average molecular weight is 299 g/mol. The van der Waals surface area contributed by atoms with Crippen LogP contribution in [0, 0.1) is 0 Å². The van der Waals surface area contributed by atoms with E-state index in [9.17, 15) is 9.90 Å². The Balaban J connectivity index is 1.80. The number of aliphatic hydroxyl groups excluding tert-OH is 1. The number of benzene rings is 1. The summed E-state index contributed by atoms with van der Waals surface area (Å²) in [7, 11) is 1.95. The number of carbonyl (C=O) groups excluding carboxylic acids is 1. The third-order valence-corrected chi connectivity index (χ3v) is 4.34. The van der Waals surface area contributed by atoms with Crippen molar-refractivity contribution in [3.05, 3.63) is 42.4 Å². The first-order chi connectivity index (χ1) is 10.7. The lowest BCUT2D eigenvalue weighted by Crippen LogP contribution is -2.45. The highest BCUT2D eigenvalue weighted by molar-refractivity contribution is 5.95. The lowest BCUT2D eigenvalue weighted by Gasteiger charge is -2.34. The molecule has 1 aromatic heterocycles. The fourth-order valence-electron chi connectivity index (χ4n) is 3.04. The van der Waals surface area contributed by atoms with Crippen LogP contribution in [-0.2, 0) is 7.05 Å². The number of piperidine rings is 1. The van der Waals surface area contributed by atoms with E-state index in [0.717, 1.165) is 37.1 Å². The van der Waals surface area contributed by atoms with Crippen LogP contribution < -0.4 is 0 Å². The standard InChI is InChI=1S/C17H21N3O2/c1-19-12-18-10-16(19)13-5-7-14(8-6-13)17(22)20-9-3-2-4-15(20)11-21/h5-8,10,12,15,21H,2-4,9,11H2,1H3. The molecule has 22 heavy (non-hydrogen) atoms. The maximum Gasteiger partial charge on any atom is 0.254 e. The van der Waals surface area contributed by atoms with Crippen LogP contribution in [0.2, 0.25) is 0 Å². The minimum absolute atomic E-state index is 0.00954. The van der Waals surface area contributed by atoms with Gasteiger partial charge in [0.2, 0.25) is 0 Å². The highest BCUT2D eigenvalue weighted by atomic mass is 16.3. The number of carbonyl (C=O) groups is 1. The van der Waals surface area contributed by atoms with Crippen LogP contribution in [0.25, 0.3) is 11.3 Å². The number of imidazole rings is 1. The van der Waals surface area contributed by atoms with Gasteiger partial charge in [0.05, 0.1) is 30.9 Å². The molecule has 1 aromatic carbocycles. The molecule has 1 atom stereocenters. The van der Waals surface area contributed by atoms with E-state index >= 15 is 0 Å². The van der Waals surface area contributed by atoms with E-state index in [1.807, 2.05) is 47.0 Å². The normalized spacial score (nSPS) is 18.5. The zero-order valence-electron chi connectivity index (χ0n) is 12.8. The molecule has 3 rings (SSSR count). The molecular weight excluding hydrogens is 278 g/mol. The summed E-state index contributed by atoms with van der Waals surface area (Å²) in [6, 6.07) is 7.56.